The molecule has 9 nitrogen and oxygen atoms in total. The molecular weight excluding hydrogens is 546 g/mol. The molecule has 2 saturated carbocycles. The van der Waals surface area contributed by atoms with E-state index in [4.69, 9.17) is 18.9 Å². The van der Waals surface area contributed by atoms with Gasteiger partial charge in [-0.15, -0.1) is 0 Å². The first-order chi connectivity index (χ1) is 20.6. The van der Waals surface area contributed by atoms with Gasteiger partial charge in [0.2, 0.25) is 5.91 Å². The SMILES string of the molecule is COc1ccc2c3c1O[C@H]1[C@H]4CC[C@@]5(CCN4C(=O)C[C@H]4COCCN4C(=O)OC(C)(C)C)[C@@H](C2)N(CC2CC2)CC[C@]315. The van der Waals surface area contributed by atoms with Gasteiger partial charge in [0, 0.05) is 48.5 Å². The first kappa shape index (κ1) is 28.0. The third-order valence-electron chi connectivity index (χ3n) is 12.0. The average molecular weight is 594 g/mol. The lowest BCUT2D eigenvalue weighted by Crippen LogP contribution is -2.72. The number of benzene rings is 1. The molecule has 5 heterocycles. The summed E-state index contributed by atoms with van der Waals surface area (Å²) in [5.74, 6) is 2.69. The summed E-state index contributed by atoms with van der Waals surface area (Å²) in [4.78, 5) is 34.2. The number of amides is 2. The Labute approximate surface area is 255 Å². The van der Waals surface area contributed by atoms with E-state index in [1.165, 1.54) is 30.5 Å². The van der Waals surface area contributed by atoms with Gasteiger partial charge in [-0.05, 0) is 89.8 Å². The Hall–Kier alpha value is -2.52. The van der Waals surface area contributed by atoms with Crippen LogP contribution in [0.5, 0.6) is 11.5 Å². The highest BCUT2D eigenvalue weighted by atomic mass is 16.6. The number of hydrogen-bond acceptors (Lipinski definition) is 7. The molecule has 1 aromatic rings. The first-order valence-electron chi connectivity index (χ1n) is 16.6. The average Bonchev–Trinajstić information content (AvgIpc) is 3.76. The van der Waals surface area contributed by atoms with Crippen molar-refractivity contribution >= 4 is 12.0 Å². The Balaban J connectivity index is 1.13. The smallest absolute Gasteiger partial charge is 0.410 e. The third kappa shape index (κ3) is 4.09. The fourth-order valence-corrected chi connectivity index (χ4v) is 10.2. The van der Waals surface area contributed by atoms with Crippen molar-refractivity contribution < 1.29 is 28.5 Å². The molecule has 5 aliphatic heterocycles. The Morgan fingerprint density at radius 2 is 1.88 bits per heavy atom. The van der Waals surface area contributed by atoms with E-state index in [1.54, 1.807) is 12.0 Å². The Morgan fingerprint density at radius 1 is 1.05 bits per heavy atom. The largest absolute Gasteiger partial charge is 0.493 e. The number of morpholine rings is 1. The molecule has 43 heavy (non-hydrogen) atoms. The van der Waals surface area contributed by atoms with Crippen molar-refractivity contribution in [2.24, 2.45) is 11.3 Å². The van der Waals surface area contributed by atoms with Gasteiger partial charge in [0.05, 0.1) is 32.4 Å². The molecule has 2 spiro atoms. The van der Waals surface area contributed by atoms with E-state index < -0.39 is 5.60 Å². The van der Waals surface area contributed by atoms with Gasteiger partial charge in [0.15, 0.2) is 11.5 Å². The predicted molar refractivity (Wildman–Crippen MR) is 159 cm³/mol. The maximum absolute atomic E-state index is 14.4. The summed E-state index contributed by atoms with van der Waals surface area (Å²) in [6.07, 6.45) is 7.72. The molecule has 3 aliphatic carbocycles. The summed E-state index contributed by atoms with van der Waals surface area (Å²) in [6.45, 7) is 9.92. The summed E-state index contributed by atoms with van der Waals surface area (Å²) in [7, 11) is 1.74. The number of carbonyl (C=O) groups is 2. The Morgan fingerprint density at radius 3 is 2.65 bits per heavy atom. The number of carbonyl (C=O) groups excluding carboxylic acids is 2. The molecular formula is C34H47N3O6. The standard InChI is InChI=1S/C34H47N3O6/c1-32(2,3)43-31(39)36-15-16-41-20-23(36)18-27(38)37-14-11-33-10-9-24(37)30-34(33)12-13-35(19-21-5-6-21)26(33)17-22-7-8-25(40-4)29(42-30)28(22)34/h7-8,21,23-24,26,30H,5-6,9-20H2,1-4H3/t23-,24+,26+,30-,33+,34-/m0/s1. The predicted octanol–water partition coefficient (Wildman–Crippen LogP) is 4.14. The molecule has 0 radical (unpaired) electrons. The highest BCUT2D eigenvalue weighted by Gasteiger charge is 2.74. The normalized spacial score (nSPS) is 36.1. The van der Waals surface area contributed by atoms with E-state index in [0.29, 0.717) is 25.8 Å². The van der Waals surface area contributed by atoms with Crippen LogP contribution in [0, 0.1) is 11.3 Å². The molecule has 8 aliphatic rings. The zero-order valence-corrected chi connectivity index (χ0v) is 26.2. The summed E-state index contributed by atoms with van der Waals surface area (Å²) in [6, 6.07) is 4.53. The van der Waals surface area contributed by atoms with Crippen LogP contribution in [-0.4, -0.2) is 103 Å². The Kier molecular flexibility index (Phi) is 6.34. The number of ether oxygens (including phenoxy) is 4. The van der Waals surface area contributed by atoms with Crippen LogP contribution >= 0.6 is 0 Å². The molecule has 0 N–H and O–H groups in total. The van der Waals surface area contributed by atoms with E-state index in [9.17, 15) is 9.59 Å². The molecule has 4 saturated heterocycles. The van der Waals surface area contributed by atoms with E-state index in [2.05, 4.69) is 21.9 Å². The highest BCUT2D eigenvalue weighted by Crippen LogP contribution is 2.71. The monoisotopic (exact) mass is 593 g/mol. The molecule has 6 atom stereocenters. The molecule has 0 unspecified atom stereocenters. The van der Waals surface area contributed by atoms with Crippen molar-refractivity contribution in [1.82, 2.24) is 14.7 Å². The number of piperidine rings is 1. The number of rotatable bonds is 5. The second-order valence-electron chi connectivity index (χ2n) is 15.3. The van der Waals surface area contributed by atoms with Gasteiger partial charge in [0.1, 0.15) is 11.7 Å². The first-order valence-corrected chi connectivity index (χ1v) is 16.6. The number of methoxy groups -OCH3 is 1. The lowest BCUT2D eigenvalue weighted by Gasteiger charge is -2.66. The van der Waals surface area contributed by atoms with Crippen LogP contribution in [-0.2, 0) is 26.1 Å². The van der Waals surface area contributed by atoms with Gasteiger partial charge in [-0.25, -0.2) is 4.79 Å². The van der Waals surface area contributed by atoms with Crippen LogP contribution in [0.15, 0.2) is 12.1 Å². The fourth-order valence-electron chi connectivity index (χ4n) is 10.2. The summed E-state index contributed by atoms with van der Waals surface area (Å²) >= 11 is 0. The minimum absolute atomic E-state index is 0.00120. The molecule has 9 heteroatoms. The number of hydrogen-bond donors (Lipinski definition) is 0. The van der Waals surface area contributed by atoms with Crippen LogP contribution in [0.25, 0.3) is 0 Å². The van der Waals surface area contributed by atoms with Crippen LogP contribution in [0.4, 0.5) is 4.79 Å². The van der Waals surface area contributed by atoms with Crippen molar-refractivity contribution in [1.29, 1.82) is 0 Å². The molecule has 234 valence electrons. The van der Waals surface area contributed by atoms with Crippen LogP contribution in [0.1, 0.15) is 76.8 Å². The maximum atomic E-state index is 14.4. The van der Waals surface area contributed by atoms with Gasteiger partial charge >= 0.3 is 6.09 Å². The van der Waals surface area contributed by atoms with Gasteiger partial charge in [-0.1, -0.05) is 6.07 Å². The summed E-state index contributed by atoms with van der Waals surface area (Å²) < 4.78 is 24.4. The van der Waals surface area contributed by atoms with Gasteiger partial charge < -0.3 is 28.7 Å². The van der Waals surface area contributed by atoms with E-state index in [0.717, 1.165) is 62.6 Å². The molecule has 9 rings (SSSR count). The van der Waals surface area contributed by atoms with Crippen molar-refractivity contribution in [2.75, 3.05) is 46.5 Å². The fraction of sp³-hybridized carbons (Fsp3) is 0.765. The number of likely N-dealkylation sites (tertiary alicyclic amines) is 1. The summed E-state index contributed by atoms with van der Waals surface area (Å²) in [5, 5.41) is 0. The quantitative estimate of drug-likeness (QED) is 0.508. The van der Waals surface area contributed by atoms with E-state index >= 15 is 0 Å². The van der Waals surface area contributed by atoms with E-state index in [1.807, 2.05) is 20.8 Å². The second-order valence-corrected chi connectivity index (χ2v) is 15.3. The van der Waals surface area contributed by atoms with Crippen LogP contribution < -0.4 is 9.47 Å². The Bertz CT molecular complexity index is 1320. The van der Waals surface area contributed by atoms with Crippen LogP contribution in [0.2, 0.25) is 0 Å². The topological polar surface area (TPSA) is 80.8 Å². The van der Waals surface area contributed by atoms with Crippen LogP contribution in [0.3, 0.4) is 0 Å². The van der Waals surface area contributed by atoms with Gasteiger partial charge in [0.25, 0.3) is 0 Å². The van der Waals surface area contributed by atoms with Crippen molar-refractivity contribution in [3.05, 3.63) is 23.3 Å². The second kappa shape index (κ2) is 9.74. The lowest BCUT2D eigenvalue weighted by atomic mass is 9.42. The van der Waals surface area contributed by atoms with Crippen molar-refractivity contribution in [3.63, 3.8) is 0 Å². The highest BCUT2D eigenvalue weighted by molar-refractivity contribution is 5.79. The maximum Gasteiger partial charge on any atom is 0.410 e. The molecule has 6 fully saturated rings. The number of fused-ring (bicyclic) bond motifs is 3. The van der Waals surface area contributed by atoms with Crippen molar-refractivity contribution in [3.8, 4) is 11.5 Å². The van der Waals surface area contributed by atoms with Gasteiger partial charge in [-0.3, -0.25) is 9.69 Å². The minimum Gasteiger partial charge on any atom is -0.493 e. The third-order valence-corrected chi connectivity index (χ3v) is 12.0. The lowest BCUT2D eigenvalue weighted by molar-refractivity contribution is -0.146. The molecule has 2 amide bonds. The summed E-state index contributed by atoms with van der Waals surface area (Å²) in [5.41, 5.74) is 2.21. The molecule has 1 aromatic carbocycles. The zero-order chi connectivity index (χ0) is 29.7. The minimum atomic E-state index is -0.595. The number of nitrogens with zero attached hydrogens (tertiary/aromatic N) is 3. The van der Waals surface area contributed by atoms with Gasteiger partial charge in [-0.2, -0.15) is 0 Å². The van der Waals surface area contributed by atoms with E-state index in [-0.39, 0.29) is 47.4 Å². The zero-order valence-electron chi connectivity index (χ0n) is 26.2. The molecule has 0 aromatic heterocycles. The molecule has 4 bridgehead atoms. The van der Waals surface area contributed by atoms with Crippen molar-refractivity contribution in [2.45, 2.75) is 107 Å².